The van der Waals surface area contributed by atoms with Crippen molar-refractivity contribution >= 4 is 27.9 Å². The summed E-state index contributed by atoms with van der Waals surface area (Å²) in [6.07, 6.45) is 3.64. The van der Waals surface area contributed by atoms with E-state index >= 15 is 0 Å². The number of hydrogen-bond donors (Lipinski definition) is 1. The smallest absolute Gasteiger partial charge is 0.291 e. The zero-order chi connectivity index (χ0) is 16.1. The van der Waals surface area contributed by atoms with Crippen molar-refractivity contribution < 1.29 is 9.21 Å². The van der Waals surface area contributed by atoms with Crippen LogP contribution < -0.4 is 10.9 Å². The van der Waals surface area contributed by atoms with Crippen molar-refractivity contribution in [1.82, 2.24) is 19.7 Å². The third-order valence-corrected chi connectivity index (χ3v) is 4.21. The first-order valence-electron chi connectivity index (χ1n) is 7.86. The molecule has 0 bridgehead atoms. The maximum Gasteiger partial charge on any atom is 0.291 e. The predicted molar refractivity (Wildman–Crippen MR) is 85.3 cm³/mol. The molecular weight excluding hydrogens is 296 g/mol. The molecule has 3 aromatic rings. The predicted octanol–water partition coefficient (Wildman–Crippen LogP) is 1.55. The average molecular weight is 314 g/mol. The number of fused-ring (bicyclic) bond motifs is 3. The number of hydrogen-bond acceptors (Lipinski definition) is 4. The summed E-state index contributed by atoms with van der Waals surface area (Å²) < 4.78 is 8.85. The van der Waals surface area contributed by atoms with Gasteiger partial charge in [-0.2, -0.15) is 5.10 Å². The van der Waals surface area contributed by atoms with Crippen molar-refractivity contribution in [3.05, 3.63) is 28.4 Å². The zero-order valence-corrected chi connectivity index (χ0v) is 13.1. The molecule has 1 aliphatic carbocycles. The fourth-order valence-electron chi connectivity index (χ4n) is 3.00. The quantitative estimate of drug-likeness (QED) is 0.792. The van der Waals surface area contributed by atoms with Gasteiger partial charge in [0.1, 0.15) is 17.8 Å². The average Bonchev–Trinajstić information content (AvgIpc) is 3.16. The van der Waals surface area contributed by atoms with Gasteiger partial charge in [-0.15, -0.1) is 0 Å². The molecule has 3 heterocycles. The Morgan fingerprint density at radius 3 is 2.96 bits per heavy atom. The Hall–Kier alpha value is -2.57. The summed E-state index contributed by atoms with van der Waals surface area (Å²) in [7, 11) is 0. The lowest BCUT2D eigenvalue weighted by Gasteiger charge is -2.07. The van der Waals surface area contributed by atoms with Crippen LogP contribution in [0, 0.1) is 6.92 Å². The largest absolute Gasteiger partial charge is 0.459 e. The molecule has 0 radical (unpaired) electrons. The van der Waals surface area contributed by atoms with Gasteiger partial charge in [0.2, 0.25) is 5.91 Å². The van der Waals surface area contributed by atoms with Crippen molar-refractivity contribution in [1.29, 1.82) is 0 Å². The molecule has 4 rings (SSSR count). The summed E-state index contributed by atoms with van der Waals surface area (Å²) in [6.45, 7) is 4.45. The Balaban J connectivity index is 1.83. The molecule has 1 N–H and O–H groups in total. The van der Waals surface area contributed by atoms with Gasteiger partial charge in [-0.3, -0.25) is 9.59 Å². The van der Waals surface area contributed by atoms with E-state index in [1.165, 1.54) is 4.68 Å². The minimum atomic E-state index is -0.264. The zero-order valence-electron chi connectivity index (χ0n) is 13.1. The van der Waals surface area contributed by atoms with Crippen molar-refractivity contribution in [3.8, 4) is 0 Å². The topological polar surface area (TPSA) is 82.1 Å². The fraction of sp³-hybridized carbons (Fsp3) is 0.438. The van der Waals surface area contributed by atoms with E-state index in [4.69, 9.17) is 4.42 Å². The van der Waals surface area contributed by atoms with Crippen molar-refractivity contribution in [3.63, 3.8) is 0 Å². The third-order valence-electron chi connectivity index (χ3n) is 4.21. The minimum Gasteiger partial charge on any atom is -0.459 e. The van der Waals surface area contributed by atoms with Gasteiger partial charge in [0.05, 0.1) is 17.1 Å². The number of amides is 1. The SMILES string of the molecule is CCn1c2cc(C)oc2c2cnn(CC(=O)NC3CC3)c(=O)c21. The van der Waals surface area contributed by atoms with Crippen molar-refractivity contribution in [2.24, 2.45) is 0 Å². The number of carbonyl (C=O) groups is 1. The molecular formula is C16H18N4O3. The van der Waals surface area contributed by atoms with Crippen molar-refractivity contribution in [2.75, 3.05) is 0 Å². The summed E-state index contributed by atoms with van der Waals surface area (Å²) >= 11 is 0. The standard InChI is InChI=1S/C16H18N4O3/c1-3-19-12-6-9(2)23-15(12)11-7-17-20(16(22)14(11)19)8-13(21)18-10-4-5-10/h6-7,10H,3-5,8H2,1-2H3,(H,18,21). The van der Waals surface area contributed by atoms with Gasteiger partial charge >= 0.3 is 0 Å². The lowest BCUT2D eigenvalue weighted by atomic mass is 10.3. The van der Waals surface area contributed by atoms with E-state index in [1.54, 1.807) is 6.20 Å². The van der Waals surface area contributed by atoms with Gasteiger partial charge in [-0.05, 0) is 26.7 Å². The van der Waals surface area contributed by atoms with Gasteiger partial charge in [-0.1, -0.05) is 0 Å². The summed E-state index contributed by atoms with van der Waals surface area (Å²) in [4.78, 5) is 24.7. The van der Waals surface area contributed by atoms with Gasteiger partial charge < -0.3 is 14.3 Å². The lowest BCUT2D eigenvalue weighted by Crippen LogP contribution is -2.35. The molecule has 0 atom stereocenters. The van der Waals surface area contributed by atoms with E-state index in [0.29, 0.717) is 23.0 Å². The van der Waals surface area contributed by atoms with Gasteiger partial charge in [-0.25, -0.2) is 4.68 Å². The molecule has 120 valence electrons. The minimum absolute atomic E-state index is 0.0550. The second kappa shape index (κ2) is 4.97. The first-order chi connectivity index (χ1) is 11.1. The highest BCUT2D eigenvalue weighted by molar-refractivity contribution is 6.04. The van der Waals surface area contributed by atoms with E-state index in [9.17, 15) is 9.59 Å². The van der Waals surface area contributed by atoms with E-state index in [-0.39, 0.29) is 24.1 Å². The van der Waals surface area contributed by atoms with Crippen LogP contribution >= 0.6 is 0 Å². The Bertz CT molecular complexity index is 975. The Kier molecular flexibility index (Phi) is 3.04. The molecule has 1 aliphatic rings. The van der Waals surface area contributed by atoms with Crippen LogP contribution in [0.4, 0.5) is 0 Å². The number of aryl methyl sites for hydroxylation is 2. The maximum atomic E-state index is 12.8. The molecule has 1 fully saturated rings. The number of nitrogens with zero attached hydrogens (tertiary/aromatic N) is 3. The molecule has 7 nitrogen and oxygen atoms in total. The summed E-state index contributed by atoms with van der Waals surface area (Å²) in [6, 6.07) is 2.19. The van der Waals surface area contributed by atoms with E-state index in [2.05, 4.69) is 10.4 Å². The Morgan fingerprint density at radius 2 is 2.26 bits per heavy atom. The van der Waals surface area contributed by atoms with E-state index < -0.39 is 0 Å². The molecule has 23 heavy (non-hydrogen) atoms. The van der Waals surface area contributed by atoms with Crippen LogP contribution in [-0.4, -0.2) is 26.3 Å². The number of rotatable bonds is 4. The van der Waals surface area contributed by atoms with Gasteiger partial charge in [0, 0.05) is 18.7 Å². The molecule has 1 saturated carbocycles. The molecule has 0 aliphatic heterocycles. The molecule has 7 heteroatoms. The number of aromatic nitrogens is 3. The first-order valence-corrected chi connectivity index (χ1v) is 7.86. The highest BCUT2D eigenvalue weighted by atomic mass is 16.3. The van der Waals surface area contributed by atoms with Crippen LogP contribution in [0.3, 0.4) is 0 Å². The number of carbonyl (C=O) groups excluding carboxylic acids is 1. The van der Waals surface area contributed by atoms with Crippen LogP contribution in [0.1, 0.15) is 25.5 Å². The molecule has 0 unspecified atom stereocenters. The normalized spacial score (nSPS) is 14.7. The van der Waals surface area contributed by atoms with Crippen LogP contribution in [0.5, 0.6) is 0 Å². The monoisotopic (exact) mass is 314 g/mol. The van der Waals surface area contributed by atoms with Crippen molar-refractivity contribution in [2.45, 2.75) is 45.8 Å². The third kappa shape index (κ3) is 2.23. The maximum absolute atomic E-state index is 12.8. The highest BCUT2D eigenvalue weighted by Crippen LogP contribution is 2.29. The Labute approximate surface area is 131 Å². The lowest BCUT2D eigenvalue weighted by molar-refractivity contribution is -0.122. The highest BCUT2D eigenvalue weighted by Gasteiger charge is 2.24. The van der Waals surface area contributed by atoms with Gasteiger partial charge in [0.25, 0.3) is 5.56 Å². The van der Waals surface area contributed by atoms with Crippen LogP contribution in [-0.2, 0) is 17.9 Å². The number of nitrogens with one attached hydrogen (secondary N) is 1. The van der Waals surface area contributed by atoms with E-state index in [0.717, 1.165) is 24.1 Å². The second-order valence-corrected chi connectivity index (χ2v) is 6.03. The van der Waals surface area contributed by atoms with Crippen LogP contribution in [0.15, 0.2) is 21.5 Å². The molecule has 0 aromatic carbocycles. The van der Waals surface area contributed by atoms with E-state index in [1.807, 2.05) is 24.5 Å². The summed E-state index contributed by atoms with van der Waals surface area (Å²) in [5.41, 5.74) is 1.84. The summed E-state index contributed by atoms with van der Waals surface area (Å²) in [5, 5.41) is 7.72. The number of furan rings is 1. The summed E-state index contributed by atoms with van der Waals surface area (Å²) in [5.74, 6) is 0.627. The van der Waals surface area contributed by atoms with Gasteiger partial charge in [0.15, 0.2) is 5.58 Å². The second-order valence-electron chi connectivity index (χ2n) is 6.03. The molecule has 0 saturated heterocycles. The molecule has 3 aromatic heterocycles. The first kappa shape index (κ1) is 14.0. The molecule has 1 amide bonds. The Morgan fingerprint density at radius 1 is 1.48 bits per heavy atom. The molecule has 0 spiro atoms. The van der Waals surface area contributed by atoms with Crippen LogP contribution in [0.25, 0.3) is 22.0 Å². The van der Waals surface area contributed by atoms with Crippen LogP contribution in [0.2, 0.25) is 0 Å². The fourth-order valence-corrected chi connectivity index (χ4v) is 3.00.